The summed E-state index contributed by atoms with van der Waals surface area (Å²) in [6.45, 7) is 4.01. The molecule has 0 amide bonds. The van der Waals surface area contributed by atoms with Gasteiger partial charge < -0.3 is 5.73 Å². The van der Waals surface area contributed by atoms with Crippen LogP contribution in [-0.4, -0.2) is 48.6 Å². The maximum Gasteiger partial charge on any atom is 0.194 e. The van der Waals surface area contributed by atoms with Crippen LogP contribution in [0.5, 0.6) is 0 Å². The maximum atomic E-state index is 13.4. The van der Waals surface area contributed by atoms with Crippen molar-refractivity contribution in [3.05, 3.63) is 35.1 Å². The molecule has 2 aliphatic rings. The molecule has 0 aliphatic carbocycles. The molecule has 6 heteroatoms. The SMILES string of the molecule is NCC(c1cc(F)c(F)c(F)c1)N1CCN2CCCC2C1. The molecule has 0 aromatic heterocycles. The highest BCUT2D eigenvalue weighted by Gasteiger charge is 2.33. The second-order valence-corrected chi connectivity index (χ2v) is 5.88. The number of hydrogen-bond donors (Lipinski definition) is 1. The first-order valence-corrected chi connectivity index (χ1v) is 7.42. The summed E-state index contributed by atoms with van der Waals surface area (Å²) in [6.07, 6.45) is 2.35. The zero-order chi connectivity index (χ0) is 15.0. The second-order valence-electron chi connectivity index (χ2n) is 5.88. The van der Waals surface area contributed by atoms with Gasteiger partial charge in [-0.1, -0.05) is 0 Å². The third kappa shape index (κ3) is 2.80. The quantitative estimate of drug-likeness (QED) is 0.865. The number of rotatable bonds is 3. The van der Waals surface area contributed by atoms with Crippen LogP contribution >= 0.6 is 0 Å². The summed E-state index contributed by atoms with van der Waals surface area (Å²) in [6, 6.07) is 2.37. The van der Waals surface area contributed by atoms with Gasteiger partial charge in [-0.3, -0.25) is 9.80 Å². The van der Waals surface area contributed by atoms with Gasteiger partial charge in [0.2, 0.25) is 0 Å². The molecule has 21 heavy (non-hydrogen) atoms. The van der Waals surface area contributed by atoms with Crippen molar-refractivity contribution in [2.75, 3.05) is 32.7 Å². The van der Waals surface area contributed by atoms with E-state index in [-0.39, 0.29) is 12.6 Å². The summed E-state index contributed by atoms with van der Waals surface area (Å²) < 4.78 is 40.0. The molecule has 0 bridgehead atoms. The van der Waals surface area contributed by atoms with Crippen LogP contribution in [0.15, 0.2) is 12.1 Å². The highest BCUT2D eigenvalue weighted by atomic mass is 19.2. The number of nitrogens with zero attached hydrogens (tertiary/aromatic N) is 2. The van der Waals surface area contributed by atoms with Crippen molar-refractivity contribution in [3.8, 4) is 0 Å². The normalized spacial score (nSPS) is 25.0. The molecule has 0 spiro atoms. The van der Waals surface area contributed by atoms with Gasteiger partial charge >= 0.3 is 0 Å². The average molecular weight is 299 g/mol. The standard InChI is InChI=1S/C15H20F3N3/c16-12-6-10(7-13(17)15(12)18)14(8-19)21-5-4-20-3-1-2-11(20)9-21/h6-7,11,14H,1-5,8-9,19H2. The highest BCUT2D eigenvalue weighted by molar-refractivity contribution is 5.23. The van der Waals surface area contributed by atoms with Gasteiger partial charge in [-0.2, -0.15) is 0 Å². The smallest absolute Gasteiger partial charge is 0.194 e. The summed E-state index contributed by atoms with van der Waals surface area (Å²) in [5.74, 6) is -3.72. The predicted octanol–water partition coefficient (Wildman–Crippen LogP) is 1.88. The van der Waals surface area contributed by atoms with Gasteiger partial charge in [-0.25, -0.2) is 13.2 Å². The van der Waals surface area contributed by atoms with E-state index in [9.17, 15) is 13.2 Å². The van der Waals surface area contributed by atoms with E-state index < -0.39 is 17.5 Å². The molecule has 3 nitrogen and oxygen atoms in total. The Balaban J connectivity index is 1.81. The minimum Gasteiger partial charge on any atom is -0.329 e. The molecule has 2 N–H and O–H groups in total. The lowest BCUT2D eigenvalue weighted by atomic mass is 10.0. The molecule has 2 atom stereocenters. The van der Waals surface area contributed by atoms with Gasteiger partial charge in [0.05, 0.1) is 0 Å². The Kier molecular flexibility index (Phi) is 4.19. The van der Waals surface area contributed by atoms with Crippen molar-refractivity contribution in [1.82, 2.24) is 9.80 Å². The fraction of sp³-hybridized carbons (Fsp3) is 0.600. The zero-order valence-electron chi connectivity index (χ0n) is 11.9. The number of fused-ring (bicyclic) bond motifs is 1. The Morgan fingerprint density at radius 3 is 2.52 bits per heavy atom. The van der Waals surface area contributed by atoms with Crippen LogP contribution in [0.4, 0.5) is 13.2 Å². The molecule has 2 saturated heterocycles. The second kappa shape index (κ2) is 5.94. The zero-order valence-corrected chi connectivity index (χ0v) is 11.9. The van der Waals surface area contributed by atoms with Gasteiger partial charge in [-0.15, -0.1) is 0 Å². The molecule has 2 fully saturated rings. The van der Waals surface area contributed by atoms with Crippen molar-refractivity contribution in [2.24, 2.45) is 5.73 Å². The number of piperazine rings is 1. The minimum atomic E-state index is -1.42. The number of halogens is 3. The first-order valence-electron chi connectivity index (χ1n) is 7.42. The summed E-state index contributed by atoms with van der Waals surface area (Å²) in [4.78, 5) is 4.62. The highest BCUT2D eigenvalue weighted by Crippen LogP contribution is 2.29. The molecule has 2 unspecified atom stereocenters. The maximum absolute atomic E-state index is 13.4. The van der Waals surface area contributed by atoms with Crippen molar-refractivity contribution < 1.29 is 13.2 Å². The Morgan fingerprint density at radius 1 is 1.14 bits per heavy atom. The Bertz CT molecular complexity index is 500. The van der Waals surface area contributed by atoms with Crippen molar-refractivity contribution in [2.45, 2.75) is 24.9 Å². The van der Waals surface area contributed by atoms with Gasteiger partial charge in [0.25, 0.3) is 0 Å². The molecular weight excluding hydrogens is 279 g/mol. The number of benzene rings is 1. The fourth-order valence-electron chi connectivity index (χ4n) is 3.56. The van der Waals surface area contributed by atoms with E-state index in [0.717, 1.165) is 44.7 Å². The largest absolute Gasteiger partial charge is 0.329 e. The molecular formula is C15H20F3N3. The predicted molar refractivity (Wildman–Crippen MR) is 74.3 cm³/mol. The van der Waals surface area contributed by atoms with Crippen LogP contribution in [0.1, 0.15) is 24.4 Å². The molecule has 0 radical (unpaired) electrons. The van der Waals surface area contributed by atoms with E-state index in [4.69, 9.17) is 5.73 Å². The molecule has 1 aromatic rings. The lowest BCUT2D eigenvalue weighted by Crippen LogP contribution is -2.52. The molecule has 0 saturated carbocycles. The first kappa shape index (κ1) is 14.8. The minimum absolute atomic E-state index is 0.261. The summed E-state index contributed by atoms with van der Waals surface area (Å²) in [5, 5.41) is 0. The Labute approximate surface area is 122 Å². The molecule has 1 aromatic carbocycles. The van der Waals surface area contributed by atoms with E-state index >= 15 is 0 Å². The van der Waals surface area contributed by atoms with Crippen LogP contribution < -0.4 is 5.73 Å². The molecule has 2 aliphatic heterocycles. The van der Waals surface area contributed by atoms with Crippen LogP contribution in [0.2, 0.25) is 0 Å². The Morgan fingerprint density at radius 2 is 1.86 bits per heavy atom. The van der Waals surface area contributed by atoms with Crippen molar-refractivity contribution >= 4 is 0 Å². The molecule has 2 heterocycles. The van der Waals surface area contributed by atoms with Gasteiger partial charge in [0.1, 0.15) is 0 Å². The average Bonchev–Trinajstić information content (AvgIpc) is 2.93. The van der Waals surface area contributed by atoms with Crippen LogP contribution in [0.25, 0.3) is 0 Å². The van der Waals surface area contributed by atoms with E-state index in [0.29, 0.717) is 11.6 Å². The summed E-state index contributed by atoms with van der Waals surface area (Å²) in [5.41, 5.74) is 6.23. The number of nitrogens with two attached hydrogens (primary N) is 1. The van der Waals surface area contributed by atoms with E-state index in [1.54, 1.807) is 0 Å². The third-order valence-corrected chi connectivity index (χ3v) is 4.67. The summed E-state index contributed by atoms with van der Waals surface area (Å²) in [7, 11) is 0. The first-order chi connectivity index (χ1) is 10.1. The number of hydrogen-bond acceptors (Lipinski definition) is 3. The topological polar surface area (TPSA) is 32.5 Å². The van der Waals surface area contributed by atoms with E-state index in [1.165, 1.54) is 6.42 Å². The fourth-order valence-corrected chi connectivity index (χ4v) is 3.56. The van der Waals surface area contributed by atoms with E-state index in [2.05, 4.69) is 9.80 Å². The van der Waals surface area contributed by atoms with Gasteiger partial charge in [0.15, 0.2) is 17.5 Å². The molecule has 116 valence electrons. The van der Waals surface area contributed by atoms with Crippen LogP contribution in [0, 0.1) is 17.5 Å². The molecule has 3 rings (SSSR count). The lowest BCUT2D eigenvalue weighted by Gasteiger charge is -2.41. The summed E-state index contributed by atoms with van der Waals surface area (Å²) >= 11 is 0. The Hall–Kier alpha value is -1.11. The van der Waals surface area contributed by atoms with Crippen molar-refractivity contribution in [1.29, 1.82) is 0 Å². The van der Waals surface area contributed by atoms with Crippen LogP contribution in [0.3, 0.4) is 0 Å². The third-order valence-electron chi connectivity index (χ3n) is 4.67. The van der Waals surface area contributed by atoms with Gasteiger partial charge in [-0.05, 0) is 37.1 Å². The lowest BCUT2D eigenvalue weighted by molar-refractivity contribution is 0.0734. The van der Waals surface area contributed by atoms with Crippen LogP contribution in [-0.2, 0) is 0 Å². The van der Waals surface area contributed by atoms with E-state index in [1.807, 2.05) is 0 Å². The van der Waals surface area contributed by atoms with Gasteiger partial charge in [0, 0.05) is 38.3 Å². The monoisotopic (exact) mass is 299 g/mol. The van der Waals surface area contributed by atoms with Crippen molar-refractivity contribution in [3.63, 3.8) is 0 Å².